The van der Waals surface area contributed by atoms with Gasteiger partial charge in [0, 0.05) is 24.1 Å². The highest BCUT2D eigenvalue weighted by atomic mass is 16.5. The number of hydrogen-bond donors (Lipinski definition) is 2. The Morgan fingerprint density at radius 3 is 2.58 bits per heavy atom. The topological polar surface area (TPSA) is 65.3 Å². The number of oxime groups is 1. The molecule has 5 rings (SSSR count). The molecule has 0 aromatic heterocycles. The number of ether oxygens (including phenoxy) is 1. The molecule has 0 amide bonds. The Hall–Kier alpha value is -0.650. The van der Waals surface area contributed by atoms with E-state index in [4.69, 9.17) is 9.94 Å². The van der Waals surface area contributed by atoms with Gasteiger partial charge < -0.3 is 20.0 Å². The second-order valence-electron chi connectivity index (χ2n) is 12.1. The molecular formula is C26H44N2O3. The molecular weight excluding hydrogens is 388 g/mol. The minimum absolute atomic E-state index is 0.139. The van der Waals surface area contributed by atoms with Crippen molar-refractivity contribution in [2.45, 2.75) is 96.2 Å². The van der Waals surface area contributed by atoms with Gasteiger partial charge in [-0.15, -0.1) is 5.16 Å². The summed E-state index contributed by atoms with van der Waals surface area (Å²) in [7, 11) is 0. The molecule has 0 aromatic rings. The molecule has 5 heteroatoms. The second-order valence-corrected chi connectivity index (χ2v) is 12.1. The lowest BCUT2D eigenvalue weighted by molar-refractivity contribution is -0.208. The summed E-state index contributed by atoms with van der Waals surface area (Å²) < 4.78 is 6.39. The fourth-order valence-electron chi connectivity index (χ4n) is 9.05. The van der Waals surface area contributed by atoms with E-state index in [2.05, 4.69) is 23.9 Å². The van der Waals surface area contributed by atoms with Gasteiger partial charge in [0.25, 0.3) is 0 Å². The van der Waals surface area contributed by atoms with Crippen molar-refractivity contribution >= 4 is 6.21 Å². The molecule has 5 fully saturated rings. The van der Waals surface area contributed by atoms with Crippen LogP contribution in [0.25, 0.3) is 0 Å². The van der Waals surface area contributed by atoms with Crippen LogP contribution in [0.3, 0.4) is 0 Å². The van der Waals surface area contributed by atoms with Gasteiger partial charge in [0.15, 0.2) is 0 Å². The summed E-state index contributed by atoms with van der Waals surface area (Å²) in [6, 6.07) is 0. The second kappa shape index (κ2) is 8.29. The Balaban J connectivity index is 1.24. The van der Waals surface area contributed by atoms with Crippen molar-refractivity contribution in [3.63, 3.8) is 0 Å². The SMILES string of the molecule is C[C@]12CC[C@H](OCCN3CCCC3)C[C@H]1CC[C@@H]1[C@@H]2CC[C@]2(C)[C@@H](/C=N/O)CC[C@]12O. The smallest absolute Gasteiger partial charge is 0.0738 e. The third-order valence-electron chi connectivity index (χ3n) is 11.1. The Morgan fingerprint density at radius 2 is 1.81 bits per heavy atom. The van der Waals surface area contributed by atoms with Crippen LogP contribution in [0.5, 0.6) is 0 Å². The van der Waals surface area contributed by atoms with E-state index in [-0.39, 0.29) is 11.3 Å². The molecule has 4 saturated carbocycles. The lowest BCUT2D eigenvalue weighted by Crippen LogP contribution is -2.62. The molecule has 1 heterocycles. The number of hydrogen-bond acceptors (Lipinski definition) is 5. The predicted molar refractivity (Wildman–Crippen MR) is 122 cm³/mol. The van der Waals surface area contributed by atoms with E-state index in [1.165, 1.54) is 58.0 Å². The molecule has 5 nitrogen and oxygen atoms in total. The van der Waals surface area contributed by atoms with Gasteiger partial charge in [0.2, 0.25) is 0 Å². The molecule has 0 unspecified atom stereocenters. The molecule has 1 saturated heterocycles. The van der Waals surface area contributed by atoms with E-state index in [0.717, 1.165) is 44.8 Å². The number of nitrogens with zero attached hydrogens (tertiary/aromatic N) is 2. The first-order chi connectivity index (χ1) is 14.9. The molecule has 0 spiro atoms. The average Bonchev–Trinajstić information content (AvgIpc) is 3.36. The third kappa shape index (κ3) is 3.49. The average molecular weight is 433 g/mol. The van der Waals surface area contributed by atoms with Crippen molar-refractivity contribution in [2.75, 3.05) is 26.2 Å². The highest BCUT2D eigenvalue weighted by molar-refractivity contribution is 5.62. The molecule has 8 atom stereocenters. The Morgan fingerprint density at radius 1 is 1.00 bits per heavy atom. The number of fused-ring (bicyclic) bond motifs is 5. The van der Waals surface area contributed by atoms with Crippen LogP contribution in [-0.4, -0.2) is 59.4 Å². The minimum atomic E-state index is -0.598. The Labute approximate surface area is 188 Å². The molecule has 0 radical (unpaired) electrons. The molecule has 5 aliphatic rings. The van der Waals surface area contributed by atoms with E-state index in [0.29, 0.717) is 23.4 Å². The van der Waals surface area contributed by atoms with E-state index >= 15 is 0 Å². The first-order valence-corrected chi connectivity index (χ1v) is 13.1. The summed E-state index contributed by atoms with van der Waals surface area (Å²) in [6.45, 7) is 9.32. The zero-order valence-electron chi connectivity index (χ0n) is 19.8. The molecule has 1 aliphatic heterocycles. The number of likely N-dealkylation sites (tertiary alicyclic amines) is 1. The van der Waals surface area contributed by atoms with Crippen LogP contribution in [0.15, 0.2) is 5.16 Å². The van der Waals surface area contributed by atoms with Gasteiger partial charge in [-0.05, 0) is 107 Å². The van der Waals surface area contributed by atoms with Gasteiger partial charge >= 0.3 is 0 Å². The quantitative estimate of drug-likeness (QED) is 0.375. The highest BCUT2D eigenvalue weighted by Crippen LogP contribution is 2.68. The molecule has 4 aliphatic carbocycles. The van der Waals surface area contributed by atoms with E-state index in [1.807, 2.05) is 0 Å². The first kappa shape index (κ1) is 22.2. The maximum absolute atomic E-state index is 12.1. The normalized spacial score (nSPS) is 50.4. The maximum atomic E-state index is 12.1. The van der Waals surface area contributed by atoms with E-state index < -0.39 is 5.60 Å². The van der Waals surface area contributed by atoms with Gasteiger partial charge in [-0.25, -0.2) is 0 Å². The van der Waals surface area contributed by atoms with Crippen LogP contribution >= 0.6 is 0 Å². The van der Waals surface area contributed by atoms with Crippen molar-refractivity contribution in [1.82, 2.24) is 4.90 Å². The molecule has 31 heavy (non-hydrogen) atoms. The zero-order valence-corrected chi connectivity index (χ0v) is 19.8. The lowest BCUT2D eigenvalue weighted by Gasteiger charge is -2.63. The Bertz CT molecular complexity index is 680. The van der Waals surface area contributed by atoms with Gasteiger partial charge in [-0.2, -0.15) is 0 Å². The van der Waals surface area contributed by atoms with Gasteiger partial charge in [0.05, 0.1) is 18.3 Å². The third-order valence-corrected chi connectivity index (χ3v) is 11.1. The highest BCUT2D eigenvalue weighted by Gasteiger charge is 2.67. The molecule has 0 bridgehead atoms. The molecule has 176 valence electrons. The summed E-state index contributed by atoms with van der Waals surface area (Å²) in [5.41, 5.74) is -0.393. The van der Waals surface area contributed by atoms with Crippen LogP contribution in [-0.2, 0) is 4.74 Å². The van der Waals surface area contributed by atoms with Gasteiger partial charge in [-0.3, -0.25) is 0 Å². The van der Waals surface area contributed by atoms with Crippen LogP contribution in [0.2, 0.25) is 0 Å². The fraction of sp³-hybridized carbons (Fsp3) is 0.962. The van der Waals surface area contributed by atoms with E-state index in [1.54, 1.807) is 6.21 Å². The standard InChI is InChI=1S/C26H44N2O3/c1-24-10-8-21(31-16-15-28-13-3-4-14-28)17-19(24)5-6-23-22(24)9-11-25(2)20(18-27-30)7-12-26(23,25)29/h18-23,29-30H,3-17H2,1-2H3/b27-18+/t19-,20-,21+,22+,23-,24+,25-,26+/m1/s1. The monoisotopic (exact) mass is 432 g/mol. The zero-order chi connectivity index (χ0) is 21.7. The van der Waals surface area contributed by atoms with E-state index in [9.17, 15) is 5.11 Å². The first-order valence-electron chi connectivity index (χ1n) is 13.1. The summed E-state index contributed by atoms with van der Waals surface area (Å²) in [5, 5.41) is 24.6. The van der Waals surface area contributed by atoms with Crippen LogP contribution in [0.1, 0.15) is 84.5 Å². The maximum Gasteiger partial charge on any atom is 0.0738 e. The number of aliphatic hydroxyl groups is 1. The van der Waals surface area contributed by atoms with Crippen molar-refractivity contribution in [1.29, 1.82) is 0 Å². The van der Waals surface area contributed by atoms with Crippen LogP contribution in [0.4, 0.5) is 0 Å². The summed E-state index contributed by atoms with van der Waals surface area (Å²) in [6.07, 6.45) is 15.0. The Kier molecular flexibility index (Phi) is 5.92. The summed E-state index contributed by atoms with van der Waals surface area (Å²) >= 11 is 0. The summed E-state index contributed by atoms with van der Waals surface area (Å²) in [5.74, 6) is 1.97. The predicted octanol–water partition coefficient (Wildman–Crippen LogP) is 4.70. The van der Waals surface area contributed by atoms with Gasteiger partial charge in [0.1, 0.15) is 0 Å². The lowest BCUT2D eigenvalue weighted by atomic mass is 9.43. The molecule has 0 aromatic carbocycles. The van der Waals surface area contributed by atoms with Crippen LogP contribution in [0, 0.1) is 34.5 Å². The van der Waals surface area contributed by atoms with Crippen molar-refractivity contribution in [3.05, 3.63) is 0 Å². The van der Waals surface area contributed by atoms with Crippen molar-refractivity contribution in [3.8, 4) is 0 Å². The van der Waals surface area contributed by atoms with Crippen LogP contribution < -0.4 is 0 Å². The minimum Gasteiger partial charge on any atom is -0.411 e. The van der Waals surface area contributed by atoms with Gasteiger partial charge in [-0.1, -0.05) is 13.8 Å². The molecule has 2 N–H and O–H groups in total. The van der Waals surface area contributed by atoms with Crippen molar-refractivity contribution in [2.24, 2.45) is 39.7 Å². The number of rotatable bonds is 5. The van der Waals surface area contributed by atoms with Crippen molar-refractivity contribution < 1.29 is 15.1 Å². The fourth-order valence-corrected chi connectivity index (χ4v) is 9.05. The summed E-state index contributed by atoms with van der Waals surface area (Å²) in [4.78, 5) is 2.55. The largest absolute Gasteiger partial charge is 0.411 e.